The first-order valence-corrected chi connectivity index (χ1v) is 21.2. The zero-order valence-electron chi connectivity index (χ0n) is 32.1. The van der Waals surface area contributed by atoms with Crippen molar-refractivity contribution in [3.63, 3.8) is 0 Å². The largest absolute Gasteiger partial charge is 0.394 e. The Bertz CT molecular complexity index is 2160. The predicted molar refractivity (Wildman–Crippen MR) is 211 cm³/mol. The summed E-state index contributed by atoms with van der Waals surface area (Å²) in [6, 6.07) is 28.1. The average Bonchev–Trinajstić information content (AvgIpc) is 3.26. The standard InChI is InChI=1S/C43H48FNO14S/c44-27-14-10-25(11-15-27)31(48)19-18-30-35(45(42(30)54)28-4-2-1-3-5-28)26-8-6-23(7-9-26)24-12-16-29(17-13-24)60(55,56)22-34-37(50)39(52)41(33(21-47)57-34)59-43-40(53)38(51)36(49)32(20-46)58-43/h1-17,30-41,43,46-53H,18-22H2/t30-,31+,32-,33-,34?,35-,36-,37+,38+,39-,40-,41?,43?/m1/s1. The molecule has 0 aromatic heterocycles. The number of rotatable bonds is 14. The van der Waals surface area contributed by atoms with Crippen LogP contribution >= 0.6 is 0 Å². The van der Waals surface area contributed by atoms with E-state index in [1.807, 2.05) is 54.6 Å². The molecule has 0 spiro atoms. The van der Waals surface area contributed by atoms with E-state index in [4.69, 9.17) is 14.2 Å². The SMILES string of the molecule is O=C1[C@H](CC[C@H](O)c2ccc(F)cc2)[C@@H](c2ccc(-c3ccc(S(=O)(=O)CC4O[C@H](CO)C(OC5O[C@H](CO)[C@@H](O)[C@H](O)[C@H]5O)[C@H](O)[C@H]4O)cc3)cc2)N1c1ccccc1. The normalized spacial score (nSPS) is 31.4. The minimum absolute atomic E-state index is 0.0767. The lowest BCUT2D eigenvalue weighted by Crippen LogP contribution is -2.65. The molecule has 0 radical (unpaired) electrons. The smallest absolute Gasteiger partial charge is 0.233 e. The van der Waals surface area contributed by atoms with Crippen molar-refractivity contribution >= 4 is 21.4 Å². The molecule has 1 amide bonds. The Labute approximate surface area is 345 Å². The van der Waals surface area contributed by atoms with Crippen LogP contribution in [0.4, 0.5) is 10.1 Å². The second kappa shape index (κ2) is 18.4. The first kappa shape index (κ1) is 43.9. The predicted octanol–water partition coefficient (Wildman–Crippen LogP) is 1.15. The van der Waals surface area contributed by atoms with Crippen LogP contribution in [0.3, 0.4) is 0 Å². The third-order valence-electron chi connectivity index (χ3n) is 11.5. The number of nitrogens with zero attached hydrogens (tertiary/aromatic N) is 1. The number of aliphatic hydroxyl groups is 8. The molecule has 13 atom stereocenters. The number of halogens is 1. The number of amides is 1. The van der Waals surface area contributed by atoms with Crippen LogP contribution in [0.1, 0.15) is 36.1 Å². The Balaban J connectivity index is 1.01. The highest BCUT2D eigenvalue weighted by Gasteiger charge is 2.51. The van der Waals surface area contributed by atoms with Crippen LogP contribution in [-0.2, 0) is 28.8 Å². The molecule has 0 bridgehead atoms. The molecule has 0 saturated carbocycles. The fourth-order valence-corrected chi connectivity index (χ4v) is 9.57. The number of anilines is 1. The maximum atomic E-state index is 13.6. The van der Waals surface area contributed by atoms with Crippen LogP contribution in [0.25, 0.3) is 11.1 Å². The summed E-state index contributed by atoms with van der Waals surface area (Å²) in [5.41, 5.74) is 3.60. The summed E-state index contributed by atoms with van der Waals surface area (Å²) < 4.78 is 57.2. The second-order valence-electron chi connectivity index (χ2n) is 15.3. The van der Waals surface area contributed by atoms with Gasteiger partial charge in [-0.1, -0.05) is 66.7 Å². The molecule has 3 aliphatic heterocycles. The van der Waals surface area contributed by atoms with Gasteiger partial charge in [-0.2, -0.15) is 0 Å². The molecule has 3 aliphatic rings. The lowest BCUT2D eigenvalue weighted by molar-refractivity contribution is -0.341. The highest BCUT2D eigenvalue weighted by atomic mass is 32.2. The Morgan fingerprint density at radius 2 is 1.30 bits per heavy atom. The van der Waals surface area contributed by atoms with Crippen LogP contribution in [-0.4, -0.2) is 135 Å². The van der Waals surface area contributed by atoms with Crippen molar-refractivity contribution in [1.82, 2.24) is 0 Å². The van der Waals surface area contributed by atoms with Crippen LogP contribution in [0.2, 0.25) is 0 Å². The lowest BCUT2D eigenvalue weighted by Gasteiger charge is -2.48. The van der Waals surface area contributed by atoms with Crippen LogP contribution in [0.5, 0.6) is 0 Å². The van der Waals surface area contributed by atoms with Crippen LogP contribution < -0.4 is 4.90 Å². The van der Waals surface area contributed by atoms with E-state index in [1.54, 1.807) is 17.0 Å². The number of para-hydroxylation sites is 1. The third-order valence-corrected chi connectivity index (χ3v) is 13.3. The minimum atomic E-state index is -4.16. The fourth-order valence-electron chi connectivity index (χ4n) is 8.12. The van der Waals surface area contributed by atoms with Gasteiger partial charge < -0.3 is 60.0 Å². The van der Waals surface area contributed by atoms with Gasteiger partial charge in [0, 0.05) is 5.69 Å². The molecule has 17 heteroatoms. The summed E-state index contributed by atoms with van der Waals surface area (Å²) in [4.78, 5) is 15.2. The third kappa shape index (κ3) is 8.90. The molecule has 3 fully saturated rings. The molecule has 7 rings (SSSR count). The van der Waals surface area contributed by atoms with Crippen LogP contribution in [0, 0.1) is 11.7 Å². The second-order valence-corrected chi connectivity index (χ2v) is 17.4. The fraction of sp³-hybridized carbons (Fsp3) is 0.419. The van der Waals surface area contributed by atoms with Crippen molar-refractivity contribution in [1.29, 1.82) is 0 Å². The molecule has 8 N–H and O–H groups in total. The number of hydrogen-bond acceptors (Lipinski definition) is 14. The lowest BCUT2D eigenvalue weighted by atomic mass is 9.78. The summed E-state index contributed by atoms with van der Waals surface area (Å²) in [5, 5.41) is 82.8. The quantitative estimate of drug-likeness (QED) is 0.0831. The van der Waals surface area contributed by atoms with Gasteiger partial charge in [0.2, 0.25) is 5.91 Å². The number of β-lactam (4-membered cyclic amide) rings is 1. The van der Waals surface area contributed by atoms with E-state index in [9.17, 15) is 58.5 Å². The maximum Gasteiger partial charge on any atom is 0.233 e. The van der Waals surface area contributed by atoms with Crippen molar-refractivity contribution in [2.45, 2.75) is 91.1 Å². The van der Waals surface area contributed by atoms with Gasteiger partial charge in [0.25, 0.3) is 0 Å². The maximum absolute atomic E-state index is 13.6. The number of benzene rings is 4. The van der Waals surface area contributed by atoms with E-state index in [0.717, 1.165) is 16.8 Å². The summed E-state index contributed by atoms with van der Waals surface area (Å²) >= 11 is 0. The van der Waals surface area contributed by atoms with E-state index in [-0.39, 0.29) is 16.8 Å². The first-order valence-electron chi connectivity index (χ1n) is 19.6. The van der Waals surface area contributed by atoms with Gasteiger partial charge in [0.05, 0.1) is 41.9 Å². The molecule has 3 saturated heterocycles. The number of hydrogen-bond donors (Lipinski definition) is 8. The van der Waals surface area contributed by atoms with Gasteiger partial charge in [-0.15, -0.1) is 0 Å². The summed E-state index contributed by atoms with van der Waals surface area (Å²) in [7, 11) is -4.16. The molecule has 3 heterocycles. The Morgan fingerprint density at radius 1 is 0.700 bits per heavy atom. The van der Waals surface area contributed by atoms with Crippen molar-refractivity contribution in [3.05, 3.63) is 120 Å². The van der Waals surface area contributed by atoms with E-state index in [2.05, 4.69) is 0 Å². The Morgan fingerprint density at radius 3 is 1.92 bits per heavy atom. The number of ether oxygens (including phenoxy) is 3. The molecule has 15 nitrogen and oxygen atoms in total. The Kier molecular flexibility index (Phi) is 13.5. The molecule has 60 heavy (non-hydrogen) atoms. The topological polar surface area (TPSA) is 244 Å². The highest BCUT2D eigenvalue weighted by molar-refractivity contribution is 7.91. The number of aliphatic hydroxyl groups excluding tert-OH is 8. The van der Waals surface area contributed by atoms with Crippen molar-refractivity contribution < 1.29 is 72.7 Å². The molecule has 4 aromatic carbocycles. The van der Waals surface area contributed by atoms with Gasteiger partial charge in [-0.25, -0.2) is 12.8 Å². The van der Waals surface area contributed by atoms with Crippen LogP contribution in [0.15, 0.2) is 108 Å². The number of carbonyl (C=O) groups is 1. The van der Waals surface area contributed by atoms with E-state index in [1.165, 1.54) is 36.4 Å². The van der Waals surface area contributed by atoms with Crippen molar-refractivity contribution in [3.8, 4) is 11.1 Å². The van der Waals surface area contributed by atoms with E-state index < -0.39 is 108 Å². The molecule has 322 valence electrons. The summed E-state index contributed by atoms with van der Waals surface area (Å²) in [5.74, 6) is -1.69. The van der Waals surface area contributed by atoms with Gasteiger partial charge in [0.15, 0.2) is 16.1 Å². The van der Waals surface area contributed by atoms with Gasteiger partial charge in [-0.05, 0) is 71.5 Å². The number of carbonyl (C=O) groups excluding carboxylic acids is 1. The Hall–Kier alpha value is -4.21. The zero-order valence-corrected chi connectivity index (χ0v) is 32.9. The monoisotopic (exact) mass is 853 g/mol. The number of sulfone groups is 1. The summed E-state index contributed by atoms with van der Waals surface area (Å²) in [6.45, 7) is -1.56. The minimum Gasteiger partial charge on any atom is -0.394 e. The zero-order chi connectivity index (χ0) is 42.9. The molecule has 3 unspecified atom stereocenters. The molecular weight excluding hydrogens is 806 g/mol. The van der Waals surface area contributed by atoms with E-state index in [0.29, 0.717) is 24.0 Å². The van der Waals surface area contributed by atoms with E-state index >= 15 is 0 Å². The van der Waals surface area contributed by atoms with Gasteiger partial charge >= 0.3 is 0 Å². The molecular formula is C43H48FNO14S. The molecule has 0 aliphatic carbocycles. The van der Waals surface area contributed by atoms with Gasteiger partial charge in [-0.3, -0.25) is 4.79 Å². The van der Waals surface area contributed by atoms with Crippen molar-refractivity contribution in [2.75, 3.05) is 23.9 Å². The first-order chi connectivity index (χ1) is 28.7. The van der Waals surface area contributed by atoms with Crippen molar-refractivity contribution in [2.24, 2.45) is 5.92 Å². The molecule has 4 aromatic rings. The highest BCUT2D eigenvalue weighted by Crippen LogP contribution is 2.46. The average molecular weight is 854 g/mol. The summed E-state index contributed by atoms with van der Waals surface area (Å²) in [6.07, 6.45) is -16.8. The van der Waals surface area contributed by atoms with Gasteiger partial charge in [0.1, 0.15) is 60.8 Å².